The van der Waals surface area contributed by atoms with E-state index in [1.807, 2.05) is 6.07 Å². The molecule has 6 heteroatoms. The Labute approximate surface area is 238 Å². The average Bonchev–Trinajstić information content (AvgIpc) is 2.83. The van der Waals surface area contributed by atoms with E-state index in [0.717, 1.165) is 70.3 Å². The van der Waals surface area contributed by atoms with E-state index >= 15 is 0 Å². The van der Waals surface area contributed by atoms with Gasteiger partial charge in [-0.3, -0.25) is 9.88 Å². The first-order valence-electron chi connectivity index (χ1n) is 15.2. The Morgan fingerprint density at radius 1 is 0.897 bits per heavy atom. The maximum atomic E-state index is 10.3. The van der Waals surface area contributed by atoms with Gasteiger partial charge in [0.25, 0.3) is 0 Å². The molecule has 3 rings (SSSR count). The predicted octanol–water partition coefficient (Wildman–Crippen LogP) is 5.74. The Bertz CT molecular complexity index is 1030. The van der Waals surface area contributed by atoms with Gasteiger partial charge in [-0.25, -0.2) is 0 Å². The number of nitrogens with one attached hydrogen (secondary N) is 3. The molecule has 1 fully saturated rings. The number of hydrogen-bond acceptors (Lipinski definition) is 6. The zero-order chi connectivity index (χ0) is 28.9. The Hall–Kier alpha value is -1.73. The van der Waals surface area contributed by atoms with Gasteiger partial charge in [0, 0.05) is 41.8 Å². The summed E-state index contributed by atoms with van der Waals surface area (Å²) < 4.78 is 0. The molecule has 1 saturated heterocycles. The van der Waals surface area contributed by atoms with E-state index in [1.165, 1.54) is 5.56 Å². The molecule has 0 aliphatic carbocycles. The van der Waals surface area contributed by atoms with Gasteiger partial charge in [-0.15, -0.1) is 0 Å². The van der Waals surface area contributed by atoms with E-state index in [2.05, 4.69) is 100 Å². The largest absolute Gasteiger partial charge is 0.506 e. The number of pyridine rings is 1. The van der Waals surface area contributed by atoms with Gasteiger partial charge in [-0.1, -0.05) is 53.7 Å². The third-order valence-corrected chi connectivity index (χ3v) is 8.81. The SMILES string of the molecule is CC(C)(C)N1CCCNC(Cc2ccc(O)c3ncccc23)CCNCCCNCC1(C(C)(C)C)C(C)(C)C. The number of phenolic OH excluding ortho intramolecular Hbond substituents is 1. The summed E-state index contributed by atoms with van der Waals surface area (Å²) in [6, 6.07) is 8.25. The van der Waals surface area contributed by atoms with Crippen LogP contribution in [0.2, 0.25) is 0 Å². The highest BCUT2D eigenvalue weighted by Crippen LogP contribution is 2.50. The molecule has 1 atom stereocenters. The summed E-state index contributed by atoms with van der Waals surface area (Å²) in [7, 11) is 0. The fourth-order valence-electron chi connectivity index (χ4n) is 7.15. The molecule has 2 aromatic rings. The van der Waals surface area contributed by atoms with E-state index in [4.69, 9.17) is 0 Å². The second-order valence-electron chi connectivity index (χ2n) is 14.6. The van der Waals surface area contributed by atoms with Gasteiger partial charge in [-0.05, 0) is 101 Å². The summed E-state index contributed by atoms with van der Waals surface area (Å²) in [5.74, 6) is 0.253. The Kier molecular flexibility index (Phi) is 10.5. The predicted molar refractivity (Wildman–Crippen MR) is 167 cm³/mol. The molecule has 4 N–H and O–H groups in total. The summed E-state index contributed by atoms with van der Waals surface area (Å²) in [6.45, 7) is 27.8. The lowest BCUT2D eigenvalue weighted by Gasteiger charge is -2.63. The highest BCUT2D eigenvalue weighted by atomic mass is 16.3. The molecule has 6 nitrogen and oxygen atoms in total. The van der Waals surface area contributed by atoms with Gasteiger partial charge >= 0.3 is 0 Å². The lowest BCUT2D eigenvalue weighted by Crippen LogP contribution is -2.72. The van der Waals surface area contributed by atoms with Crippen molar-refractivity contribution >= 4 is 10.9 Å². The number of nitrogens with zero attached hydrogens (tertiary/aromatic N) is 2. The van der Waals surface area contributed by atoms with Crippen molar-refractivity contribution in [1.82, 2.24) is 25.8 Å². The van der Waals surface area contributed by atoms with E-state index < -0.39 is 0 Å². The molecule has 2 heterocycles. The van der Waals surface area contributed by atoms with Crippen LogP contribution in [0.3, 0.4) is 0 Å². The number of rotatable bonds is 2. The summed E-state index contributed by atoms with van der Waals surface area (Å²) in [6.07, 6.45) is 5.94. The van der Waals surface area contributed by atoms with Crippen LogP contribution in [0.15, 0.2) is 30.5 Å². The number of phenols is 1. The van der Waals surface area contributed by atoms with E-state index in [1.54, 1.807) is 12.3 Å². The Morgan fingerprint density at radius 3 is 2.26 bits per heavy atom. The van der Waals surface area contributed by atoms with Crippen LogP contribution in [0.5, 0.6) is 5.75 Å². The molecule has 1 unspecified atom stereocenters. The number of aromatic hydroxyl groups is 1. The van der Waals surface area contributed by atoms with Crippen molar-refractivity contribution in [3.8, 4) is 5.75 Å². The molecule has 0 spiro atoms. The first-order chi connectivity index (χ1) is 18.2. The maximum Gasteiger partial charge on any atom is 0.141 e. The molecule has 1 aromatic heterocycles. The lowest BCUT2D eigenvalue weighted by molar-refractivity contribution is -0.127. The van der Waals surface area contributed by atoms with Crippen LogP contribution in [0.25, 0.3) is 10.9 Å². The second-order valence-corrected chi connectivity index (χ2v) is 14.6. The number of aromatic nitrogens is 1. The molecule has 0 amide bonds. The molecule has 0 saturated carbocycles. The first kappa shape index (κ1) is 31.8. The van der Waals surface area contributed by atoms with Crippen molar-refractivity contribution in [2.45, 2.75) is 105 Å². The highest BCUT2D eigenvalue weighted by molar-refractivity contribution is 5.87. The summed E-state index contributed by atoms with van der Waals surface area (Å²) >= 11 is 0. The van der Waals surface area contributed by atoms with Crippen LogP contribution in [-0.2, 0) is 6.42 Å². The van der Waals surface area contributed by atoms with Gasteiger partial charge in [0.1, 0.15) is 11.3 Å². The van der Waals surface area contributed by atoms with Crippen LogP contribution < -0.4 is 16.0 Å². The van der Waals surface area contributed by atoms with E-state index in [9.17, 15) is 5.11 Å². The minimum atomic E-state index is -0.0246. The number of benzene rings is 1. The minimum Gasteiger partial charge on any atom is -0.506 e. The van der Waals surface area contributed by atoms with Crippen molar-refractivity contribution in [2.75, 3.05) is 39.3 Å². The highest BCUT2D eigenvalue weighted by Gasteiger charge is 2.56. The van der Waals surface area contributed by atoms with Crippen molar-refractivity contribution in [1.29, 1.82) is 0 Å². The van der Waals surface area contributed by atoms with Gasteiger partial charge in [0.15, 0.2) is 0 Å². The topological polar surface area (TPSA) is 72.5 Å². The van der Waals surface area contributed by atoms with Gasteiger partial charge < -0.3 is 21.1 Å². The van der Waals surface area contributed by atoms with Crippen LogP contribution in [0, 0.1) is 10.8 Å². The monoisotopic (exact) mass is 539 g/mol. The van der Waals surface area contributed by atoms with E-state index in [-0.39, 0.29) is 27.7 Å². The minimum absolute atomic E-state index is 0.0246. The number of fused-ring (bicyclic) bond motifs is 1. The van der Waals surface area contributed by atoms with Crippen molar-refractivity contribution in [3.63, 3.8) is 0 Å². The quantitative estimate of drug-likeness (QED) is 0.390. The molecule has 1 aliphatic rings. The lowest BCUT2D eigenvalue weighted by atomic mass is 9.57. The molecule has 39 heavy (non-hydrogen) atoms. The van der Waals surface area contributed by atoms with Crippen LogP contribution in [0.4, 0.5) is 0 Å². The molecule has 1 aromatic carbocycles. The average molecular weight is 540 g/mol. The molecule has 0 bridgehead atoms. The Balaban J connectivity index is 1.87. The van der Waals surface area contributed by atoms with Gasteiger partial charge in [-0.2, -0.15) is 0 Å². The normalized spacial score (nSPS) is 21.8. The van der Waals surface area contributed by atoms with Crippen LogP contribution in [0.1, 0.15) is 87.1 Å². The molecule has 0 radical (unpaired) electrons. The zero-order valence-electron chi connectivity index (χ0n) is 26.4. The third kappa shape index (κ3) is 7.52. The van der Waals surface area contributed by atoms with Gasteiger partial charge in [0.05, 0.1) is 0 Å². The van der Waals surface area contributed by atoms with Crippen LogP contribution >= 0.6 is 0 Å². The number of hydrogen-bond donors (Lipinski definition) is 4. The molecule has 1 aliphatic heterocycles. The first-order valence-corrected chi connectivity index (χ1v) is 15.2. The maximum absolute atomic E-state index is 10.3. The van der Waals surface area contributed by atoms with Crippen molar-refractivity contribution < 1.29 is 5.11 Å². The smallest absolute Gasteiger partial charge is 0.141 e. The fourth-order valence-corrected chi connectivity index (χ4v) is 7.15. The molecule has 220 valence electrons. The molecular formula is C33H57N5O. The summed E-state index contributed by atoms with van der Waals surface area (Å²) in [5, 5.41) is 22.9. The van der Waals surface area contributed by atoms with Crippen molar-refractivity contribution in [3.05, 3.63) is 36.0 Å². The van der Waals surface area contributed by atoms with Gasteiger partial charge in [0.2, 0.25) is 0 Å². The third-order valence-electron chi connectivity index (χ3n) is 8.81. The van der Waals surface area contributed by atoms with E-state index in [0.29, 0.717) is 11.6 Å². The molecular weight excluding hydrogens is 482 g/mol. The summed E-state index contributed by atoms with van der Waals surface area (Å²) in [4.78, 5) is 7.26. The van der Waals surface area contributed by atoms with Crippen LogP contribution in [-0.4, -0.2) is 71.4 Å². The standard InChI is InChI=1S/C33H57N5O/c1-30(2,3)33(31(4,5)6)24-35-18-11-17-34-21-16-26(36-20-12-22-38(33)32(7,8)9)23-25-14-15-28(39)29-27(25)13-10-19-37-29/h10,13-15,19,26,34-36,39H,11-12,16-18,20-24H2,1-9H3. The fraction of sp³-hybridized carbons (Fsp3) is 0.727. The second kappa shape index (κ2) is 12.8. The Morgan fingerprint density at radius 2 is 1.59 bits per heavy atom. The summed E-state index contributed by atoms with van der Waals surface area (Å²) in [5.41, 5.74) is 2.12. The zero-order valence-corrected chi connectivity index (χ0v) is 26.4. The van der Waals surface area contributed by atoms with Crippen molar-refractivity contribution in [2.24, 2.45) is 10.8 Å².